The van der Waals surface area contributed by atoms with Gasteiger partial charge in [-0.25, -0.2) is 14.2 Å². The van der Waals surface area contributed by atoms with Gasteiger partial charge >= 0.3 is 5.97 Å². The summed E-state index contributed by atoms with van der Waals surface area (Å²) in [7, 11) is 0. The van der Waals surface area contributed by atoms with E-state index in [9.17, 15) is 18.8 Å². The second kappa shape index (κ2) is 13.4. The van der Waals surface area contributed by atoms with E-state index in [0.29, 0.717) is 58.2 Å². The maximum absolute atomic E-state index is 14.0. The van der Waals surface area contributed by atoms with Gasteiger partial charge in [0.05, 0.1) is 41.7 Å². The SMILES string of the molecule is CCOC(=O)C1=C(c2ccccc2)N=c2s/c(=C/c3ccc(OCC(=O)N4CCOCC4)cc3)c(=O)n2[C@H]1c1ccc(F)cc1. The second-order valence-electron chi connectivity index (χ2n) is 10.3. The number of nitrogens with zero attached hydrogens (tertiary/aromatic N) is 3. The van der Waals surface area contributed by atoms with Crippen molar-refractivity contribution in [1.29, 1.82) is 0 Å². The summed E-state index contributed by atoms with van der Waals surface area (Å²) in [4.78, 5) is 46.8. The van der Waals surface area contributed by atoms with Crippen molar-refractivity contribution in [2.24, 2.45) is 4.99 Å². The lowest BCUT2D eigenvalue weighted by atomic mass is 9.93. The van der Waals surface area contributed by atoms with Gasteiger partial charge in [0.2, 0.25) is 0 Å². The molecule has 0 spiro atoms. The Balaban J connectivity index is 1.38. The van der Waals surface area contributed by atoms with Crippen molar-refractivity contribution < 1.29 is 28.2 Å². The molecule has 3 heterocycles. The fourth-order valence-electron chi connectivity index (χ4n) is 5.26. The van der Waals surface area contributed by atoms with Crippen LogP contribution in [0.4, 0.5) is 4.39 Å². The maximum Gasteiger partial charge on any atom is 0.338 e. The molecule has 0 N–H and O–H groups in total. The Morgan fingerprint density at radius 3 is 2.42 bits per heavy atom. The molecule has 1 atom stereocenters. The molecule has 2 aliphatic heterocycles. The molecule has 6 rings (SSSR count). The summed E-state index contributed by atoms with van der Waals surface area (Å²) in [5, 5.41) is 0. The Hall–Kier alpha value is -4.87. The summed E-state index contributed by atoms with van der Waals surface area (Å²) in [6.07, 6.45) is 1.74. The fraction of sp³-hybridized carbons (Fsp3) is 0.235. The first kappa shape index (κ1) is 30.2. The predicted molar refractivity (Wildman–Crippen MR) is 167 cm³/mol. The lowest BCUT2D eigenvalue weighted by Gasteiger charge is -2.26. The Morgan fingerprint density at radius 1 is 1.02 bits per heavy atom. The quantitative estimate of drug-likeness (QED) is 0.278. The Bertz CT molecular complexity index is 1910. The number of halogens is 1. The Morgan fingerprint density at radius 2 is 1.73 bits per heavy atom. The molecule has 45 heavy (non-hydrogen) atoms. The average molecular weight is 628 g/mol. The highest BCUT2D eigenvalue weighted by molar-refractivity contribution is 7.07. The fourth-order valence-corrected chi connectivity index (χ4v) is 6.26. The number of morpholine rings is 1. The number of rotatable bonds is 8. The van der Waals surface area contributed by atoms with E-state index < -0.39 is 17.8 Å². The van der Waals surface area contributed by atoms with Crippen LogP contribution in [0.1, 0.15) is 29.7 Å². The van der Waals surface area contributed by atoms with E-state index in [4.69, 9.17) is 19.2 Å². The molecule has 11 heteroatoms. The number of hydrogen-bond acceptors (Lipinski definition) is 8. The summed E-state index contributed by atoms with van der Waals surface area (Å²) in [5.41, 5.74) is 2.21. The van der Waals surface area contributed by atoms with Crippen molar-refractivity contribution >= 4 is 35.0 Å². The third-order valence-corrected chi connectivity index (χ3v) is 8.45. The summed E-state index contributed by atoms with van der Waals surface area (Å²) in [6.45, 7) is 3.91. The number of carbonyl (C=O) groups is 2. The van der Waals surface area contributed by atoms with Crippen LogP contribution in [0, 0.1) is 5.82 Å². The number of aromatic nitrogens is 1. The number of hydrogen-bond donors (Lipinski definition) is 0. The van der Waals surface area contributed by atoms with Crippen molar-refractivity contribution in [3.05, 3.63) is 127 Å². The largest absolute Gasteiger partial charge is 0.484 e. The zero-order valence-electron chi connectivity index (χ0n) is 24.5. The van der Waals surface area contributed by atoms with E-state index >= 15 is 0 Å². The summed E-state index contributed by atoms with van der Waals surface area (Å²) in [5.74, 6) is -0.616. The summed E-state index contributed by atoms with van der Waals surface area (Å²) >= 11 is 1.19. The smallest absolute Gasteiger partial charge is 0.338 e. The topological polar surface area (TPSA) is 99.4 Å². The van der Waals surface area contributed by atoms with Gasteiger partial charge in [-0.2, -0.15) is 0 Å². The molecule has 230 valence electrons. The van der Waals surface area contributed by atoms with Crippen molar-refractivity contribution in [2.75, 3.05) is 39.5 Å². The molecule has 0 unspecified atom stereocenters. The minimum absolute atomic E-state index is 0.0755. The highest BCUT2D eigenvalue weighted by atomic mass is 32.1. The number of esters is 1. The van der Waals surface area contributed by atoms with Gasteiger partial charge in [0, 0.05) is 18.7 Å². The molecule has 1 saturated heterocycles. The third kappa shape index (κ3) is 6.50. The number of ether oxygens (including phenoxy) is 3. The molecular formula is C34H30FN3O6S. The van der Waals surface area contributed by atoms with E-state index in [1.54, 1.807) is 54.3 Å². The van der Waals surface area contributed by atoms with Crippen LogP contribution in [0.25, 0.3) is 11.8 Å². The summed E-state index contributed by atoms with van der Waals surface area (Å²) in [6, 6.07) is 21.1. The molecule has 0 saturated carbocycles. The van der Waals surface area contributed by atoms with Crippen LogP contribution in [0.5, 0.6) is 5.75 Å². The number of fused-ring (bicyclic) bond motifs is 1. The van der Waals surface area contributed by atoms with Crippen LogP contribution in [0.3, 0.4) is 0 Å². The van der Waals surface area contributed by atoms with Gasteiger partial charge in [-0.1, -0.05) is 65.9 Å². The van der Waals surface area contributed by atoms with Crippen LogP contribution in [0.15, 0.2) is 94.2 Å². The number of carbonyl (C=O) groups excluding carboxylic acids is 2. The average Bonchev–Trinajstić information content (AvgIpc) is 3.38. The van der Waals surface area contributed by atoms with E-state index in [0.717, 1.165) is 5.56 Å². The lowest BCUT2D eigenvalue weighted by Crippen LogP contribution is -2.42. The molecule has 1 amide bonds. The zero-order chi connectivity index (χ0) is 31.3. The van der Waals surface area contributed by atoms with Crippen LogP contribution in [-0.2, 0) is 19.1 Å². The monoisotopic (exact) mass is 627 g/mol. The number of benzene rings is 3. The number of amides is 1. The zero-order valence-corrected chi connectivity index (χ0v) is 25.3. The minimum Gasteiger partial charge on any atom is -0.484 e. The Kier molecular flexibility index (Phi) is 8.99. The molecule has 3 aromatic carbocycles. The standard InChI is InChI=1S/C34H30FN3O6S/c1-2-43-33(41)29-30(23-6-4-3-5-7-23)36-34-38(31(29)24-10-12-25(35)13-11-24)32(40)27(45-34)20-22-8-14-26(15-9-22)44-21-28(39)37-16-18-42-19-17-37/h3-15,20,31H,2,16-19,21H2,1H3/b27-20+/t31-/m0/s1. The molecule has 0 aliphatic carbocycles. The van der Waals surface area contributed by atoms with Crippen molar-refractivity contribution in [2.45, 2.75) is 13.0 Å². The molecule has 0 radical (unpaired) electrons. The van der Waals surface area contributed by atoms with Gasteiger partial charge in [-0.05, 0) is 48.4 Å². The van der Waals surface area contributed by atoms with Crippen molar-refractivity contribution in [3.63, 3.8) is 0 Å². The Labute approximate surface area is 262 Å². The first-order valence-electron chi connectivity index (χ1n) is 14.6. The van der Waals surface area contributed by atoms with Gasteiger partial charge in [0.15, 0.2) is 11.4 Å². The van der Waals surface area contributed by atoms with Gasteiger partial charge < -0.3 is 19.1 Å². The first-order valence-corrected chi connectivity index (χ1v) is 15.4. The van der Waals surface area contributed by atoms with Gasteiger partial charge in [-0.15, -0.1) is 0 Å². The normalized spacial score (nSPS) is 16.6. The molecule has 1 fully saturated rings. The van der Waals surface area contributed by atoms with Crippen molar-refractivity contribution in [1.82, 2.24) is 9.47 Å². The number of thiazole rings is 1. The summed E-state index contributed by atoms with van der Waals surface area (Å²) < 4.78 is 32.3. The molecule has 1 aromatic heterocycles. The second-order valence-corrected chi connectivity index (χ2v) is 11.3. The van der Waals surface area contributed by atoms with E-state index in [2.05, 4.69) is 0 Å². The lowest BCUT2D eigenvalue weighted by molar-refractivity contribution is -0.139. The first-order chi connectivity index (χ1) is 21.9. The molecule has 9 nitrogen and oxygen atoms in total. The van der Waals surface area contributed by atoms with Crippen molar-refractivity contribution in [3.8, 4) is 5.75 Å². The van der Waals surface area contributed by atoms with E-state index in [1.165, 1.54) is 28.0 Å². The highest BCUT2D eigenvalue weighted by Crippen LogP contribution is 2.35. The van der Waals surface area contributed by atoms with Gasteiger partial charge in [0.1, 0.15) is 11.6 Å². The van der Waals surface area contributed by atoms with Gasteiger partial charge in [0.25, 0.3) is 11.5 Å². The molecule has 0 bridgehead atoms. The molecule has 4 aromatic rings. The van der Waals surface area contributed by atoms with Crippen LogP contribution in [0.2, 0.25) is 0 Å². The highest BCUT2D eigenvalue weighted by Gasteiger charge is 2.35. The minimum atomic E-state index is -0.891. The molecule has 2 aliphatic rings. The third-order valence-electron chi connectivity index (χ3n) is 7.46. The molecular weight excluding hydrogens is 597 g/mol. The van der Waals surface area contributed by atoms with Crippen LogP contribution >= 0.6 is 11.3 Å². The predicted octanol–water partition coefficient (Wildman–Crippen LogP) is 3.31. The van der Waals surface area contributed by atoms with Crippen LogP contribution < -0.4 is 19.6 Å². The van der Waals surface area contributed by atoms with Crippen LogP contribution in [-0.4, -0.2) is 60.9 Å². The maximum atomic E-state index is 14.0. The van der Waals surface area contributed by atoms with E-state index in [-0.39, 0.29) is 30.3 Å². The van der Waals surface area contributed by atoms with Gasteiger partial charge in [-0.3, -0.25) is 14.2 Å². The van der Waals surface area contributed by atoms with E-state index in [1.807, 2.05) is 30.3 Å².